The molecule has 0 bridgehead atoms. The first-order valence-electron chi connectivity index (χ1n) is 5.71. The van der Waals surface area contributed by atoms with Gasteiger partial charge in [0.05, 0.1) is 0 Å². The molecule has 0 saturated heterocycles. The molecule has 3 heteroatoms. The molecule has 0 spiro atoms. The number of nitrogens with zero attached hydrogens (tertiary/aromatic N) is 1. The SMILES string of the molecule is CN(C)C(=O)CCC1CNc2ccccc21. The van der Waals surface area contributed by atoms with Crippen LogP contribution in [0, 0.1) is 0 Å². The van der Waals surface area contributed by atoms with Crippen LogP contribution in [-0.2, 0) is 4.79 Å². The largest absolute Gasteiger partial charge is 0.384 e. The van der Waals surface area contributed by atoms with Gasteiger partial charge < -0.3 is 10.2 Å². The number of hydrogen-bond donors (Lipinski definition) is 1. The van der Waals surface area contributed by atoms with E-state index in [0.717, 1.165) is 13.0 Å². The van der Waals surface area contributed by atoms with E-state index in [-0.39, 0.29) is 5.91 Å². The fraction of sp³-hybridized carbons (Fsp3) is 0.462. The molecule has 1 aliphatic rings. The minimum absolute atomic E-state index is 0.212. The van der Waals surface area contributed by atoms with Gasteiger partial charge in [-0.15, -0.1) is 0 Å². The van der Waals surface area contributed by atoms with Crippen molar-refractivity contribution < 1.29 is 4.79 Å². The first-order valence-corrected chi connectivity index (χ1v) is 5.71. The molecule has 0 aromatic heterocycles. The Kier molecular flexibility index (Phi) is 3.13. The van der Waals surface area contributed by atoms with Crippen LogP contribution in [0.2, 0.25) is 0 Å². The van der Waals surface area contributed by atoms with Gasteiger partial charge in [0.2, 0.25) is 5.91 Å². The highest BCUT2D eigenvalue weighted by molar-refractivity contribution is 5.75. The van der Waals surface area contributed by atoms with E-state index in [1.165, 1.54) is 11.3 Å². The summed E-state index contributed by atoms with van der Waals surface area (Å²) in [5.41, 5.74) is 2.58. The highest BCUT2D eigenvalue weighted by Crippen LogP contribution is 2.33. The summed E-state index contributed by atoms with van der Waals surface area (Å²) in [7, 11) is 3.62. The van der Waals surface area contributed by atoms with Gasteiger partial charge in [0.15, 0.2) is 0 Å². The fourth-order valence-corrected chi connectivity index (χ4v) is 2.14. The van der Waals surface area contributed by atoms with Crippen molar-refractivity contribution >= 4 is 11.6 Å². The third kappa shape index (κ3) is 2.18. The molecule has 1 atom stereocenters. The molecule has 16 heavy (non-hydrogen) atoms. The number of rotatable bonds is 3. The Labute approximate surface area is 96.5 Å². The number of benzene rings is 1. The second kappa shape index (κ2) is 4.56. The molecule has 3 nitrogen and oxygen atoms in total. The van der Waals surface area contributed by atoms with Crippen LogP contribution in [0.3, 0.4) is 0 Å². The Morgan fingerprint density at radius 3 is 2.94 bits per heavy atom. The van der Waals surface area contributed by atoms with Crippen molar-refractivity contribution in [3.05, 3.63) is 29.8 Å². The Morgan fingerprint density at radius 2 is 2.19 bits per heavy atom. The number of carbonyl (C=O) groups excluding carboxylic acids is 1. The van der Waals surface area contributed by atoms with E-state index in [0.29, 0.717) is 12.3 Å². The van der Waals surface area contributed by atoms with Gasteiger partial charge in [0.1, 0.15) is 0 Å². The van der Waals surface area contributed by atoms with Gasteiger partial charge in [-0.05, 0) is 18.1 Å². The summed E-state index contributed by atoms with van der Waals surface area (Å²) in [5, 5.41) is 3.38. The average molecular weight is 218 g/mol. The number of anilines is 1. The number of para-hydroxylation sites is 1. The minimum Gasteiger partial charge on any atom is -0.384 e. The molecule has 0 aliphatic carbocycles. The molecule has 1 amide bonds. The van der Waals surface area contributed by atoms with Crippen molar-refractivity contribution in [2.75, 3.05) is 26.0 Å². The monoisotopic (exact) mass is 218 g/mol. The smallest absolute Gasteiger partial charge is 0.222 e. The van der Waals surface area contributed by atoms with Gasteiger partial charge in [-0.1, -0.05) is 18.2 Å². The van der Waals surface area contributed by atoms with Crippen LogP contribution in [0.4, 0.5) is 5.69 Å². The van der Waals surface area contributed by atoms with Crippen LogP contribution in [0.25, 0.3) is 0 Å². The van der Waals surface area contributed by atoms with E-state index in [9.17, 15) is 4.79 Å². The number of nitrogens with one attached hydrogen (secondary N) is 1. The predicted molar refractivity (Wildman–Crippen MR) is 65.6 cm³/mol. The lowest BCUT2D eigenvalue weighted by atomic mass is 9.96. The highest BCUT2D eigenvalue weighted by atomic mass is 16.2. The summed E-state index contributed by atoms with van der Waals surface area (Å²) >= 11 is 0. The molecule has 1 aliphatic heterocycles. The zero-order valence-electron chi connectivity index (χ0n) is 9.86. The molecule has 1 heterocycles. The Hall–Kier alpha value is -1.51. The van der Waals surface area contributed by atoms with Gasteiger partial charge in [0.25, 0.3) is 0 Å². The topological polar surface area (TPSA) is 32.3 Å². The van der Waals surface area contributed by atoms with Crippen LogP contribution in [-0.4, -0.2) is 31.4 Å². The molecule has 1 aromatic rings. The molecule has 0 fully saturated rings. The maximum Gasteiger partial charge on any atom is 0.222 e. The lowest BCUT2D eigenvalue weighted by Gasteiger charge is -2.13. The van der Waals surface area contributed by atoms with Gasteiger partial charge in [-0.25, -0.2) is 0 Å². The summed E-state index contributed by atoms with van der Waals surface area (Å²) in [4.78, 5) is 13.2. The number of amides is 1. The van der Waals surface area contributed by atoms with Crippen LogP contribution in [0.1, 0.15) is 24.3 Å². The zero-order chi connectivity index (χ0) is 11.5. The molecule has 1 unspecified atom stereocenters. The average Bonchev–Trinajstić information content (AvgIpc) is 2.69. The van der Waals surface area contributed by atoms with Crippen molar-refractivity contribution in [2.24, 2.45) is 0 Å². The van der Waals surface area contributed by atoms with Crippen molar-refractivity contribution in [2.45, 2.75) is 18.8 Å². The van der Waals surface area contributed by atoms with Gasteiger partial charge >= 0.3 is 0 Å². The fourth-order valence-electron chi connectivity index (χ4n) is 2.14. The lowest BCUT2D eigenvalue weighted by Crippen LogP contribution is -2.22. The van der Waals surface area contributed by atoms with Crippen LogP contribution in [0.5, 0.6) is 0 Å². The summed E-state index contributed by atoms with van der Waals surface area (Å²) < 4.78 is 0. The summed E-state index contributed by atoms with van der Waals surface area (Å²) in [5.74, 6) is 0.699. The first-order chi connectivity index (χ1) is 7.68. The summed E-state index contributed by atoms with van der Waals surface area (Å²) in [6.45, 7) is 0.958. The van der Waals surface area contributed by atoms with Crippen LogP contribution >= 0.6 is 0 Å². The Bertz CT molecular complexity index is 387. The number of hydrogen-bond acceptors (Lipinski definition) is 2. The third-order valence-electron chi connectivity index (χ3n) is 3.14. The minimum atomic E-state index is 0.212. The summed E-state index contributed by atoms with van der Waals surface area (Å²) in [6, 6.07) is 8.36. The quantitative estimate of drug-likeness (QED) is 0.842. The molecule has 0 saturated carbocycles. The van der Waals surface area contributed by atoms with E-state index in [4.69, 9.17) is 0 Å². The van der Waals surface area contributed by atoms with E-state index >= 15 is 0 Å². The van der Waals surface area contributed by atoms with Crippen molar-refractivity contribution in [3.8, 4) is 0 Å². The van der Waals surface area contributed by atoms with E-state index in [1.54, 1.807) is 4.90 Å². The predicted octanol–water partition coefficient (Wildman–Crippen LogP) is 2.06. The van der Waals surface area contributed by atoms with Gasteiger partial charge in [-0.2, -0.15) is 0 Å². The number of carbonyl (C=O) groups is 1. The normalized spacial score (nSPS) is 17.8. The van der Waals surface area contributed by atoms with Crippen LogP contribution in [0.15, 0.2) is 24.3 Å². The van der Waals surface area contributed by atoms with E-state index in [1.807, 2.05) is 20.2 Å². The lowest BCUT2D eigenvalue weighted by molar-refractivity contribution is -0.128. The maximum atomic E-state index is 11.5. The first kappa shape index (κ1) is 11.0. The molecular formula is C13H18N2O. The molecule has 1 aromatic carbocycles. The molecule has 0 radical (unpaired) electrons. The van der Waals surface area contributed by atoms with Gasteiger partial charge in [0, 0.05) is 38.7 Å². The van der Waals surface area contributed by atoms with Crippen molar-refractivity contribution in [1.82, 2.24) is 4.90 Å². The van der Waals surface area contributed by atoms with Gasteiger partial charge in [-0.3, -0.25) is 4.79 Å². The molecule has 2 rings (SSSR count). The second-order valence-corrected chi connectivity index (χ2v) is 4.49. The Morgan fingerprint density at radius 1 is 1.44 bits per heavy atom. The second-order valence-electron chi connectivity index (χ2n) is 4.49. The number of fused-ring (bicyclic) bond motifs is 1. The molecule has 86 valence electrons. The molecular weight excluding hydrogens is 200 g/mol. The van der Waals surface area contributed by atoms with Crippen LogP contribution < -0.4 is 5.32 Å². The van der Waals surface area contributed by atoms with E-state index < -0.39 is 0 Å². The van der Waals surface area contributed by atoms with E-state index in [2.05, 4.69) is 23.5 Å². The zero-order valence-corrected chi connectivity index (χ0v) is 9.86. The maximum absolute atomic E-state index is 11.5. The standard InChI is InChI=1S/C13H18N2O/c1-15(2)13(16)8-7-10-9-14-12-6-4-3-5-11(10)12/h3-6,10,14H,7-9H2,1-2H3. The highest BCUT2D eigenvalue weighted by Gasteiger charge is 2.22. The Balaban J connectivity index is 1.96. The molecule has 1 N–H and O–H groups in total. The van der Waals surface area contributed by atoms with Crippen molar-refractivity contribution in [3.63, 3.8) is 0 Å². The summed E-state index contributed by atoms with van der Waals surface area (Å²) in [6.07, 6.45) is 1.56. The van der Waals surface area contributed by atoms with Crippen molar-refractivity contribution in [1.29, 1.82) is 0 Å². The third-order valence-corrected chi connectivity index (χ3v) is 3.14.